The second-order valence-corrected chi connectivity index (χ2v) is 4.49. The fraction of sp³-hybridized carbons (Fsp3) is 0.500. The van der Waals surface area contributed by atoms with Gasteiger partial charge in [0.25, 0.3) is 0 Å². The maximum atomic E-state index is 12.0. The van der Waals surface area contributed by atoms with Crippen LogP contribution in [0.15, 0.2) is 12.1 Å². The molecule has 0 aliphatic rings. The number of hydrogen-bond donors (Lipinski definition) is 2. The van der Waals surface area contributed by atoms with E-state index >= 15 is 0 Å². The average molecular weight is 266 g/mol. The molecule has 0 aliphatic carbocycles. The minimum Gasteiger partial charge on any atom is -0.496 e. The van der Waals surface area contributed by atoms with Crippen LogP contribution in [0.4, 0.5) is 5.69 Å². The van der Waals surface area contributed by atoms with Crippen molar-refractivity contribution in [3.63, 3.8) is 0 Å². The lowest BCUT2D eigenvalue weighted by atomic mass is 10.1. The number of aryl methyl sites for hydroxylation is 1. The van der Waals surface area contributed by atoms with Gasteiger partial charge < -0.3 is 20.5 Å². The van der Waals surface area contributed by atoms with Crippen LogP contribution in [0.3, 0.4) is 0 Å². The van der Waals surface area contributed by atoms with E-state index in [0.717, 1.165) is 5.56 Å². The number of methoxy groups -OCH3 is 2. The number of benzene rings is 1. The van der Waals surface area contributed by atoms with E-state index in [9.17, 15) is 4.79 Å². The number of carbonyl (C=O) groups excluding carboxylic acids is 1. The van der Waals surface area contributed by atoms with Gasteiger partial charge in [-0.15, -0.1) is 0 Å². The topological polar surface area (TPSA) is 73.6 Å². The normalized spacial score (nSPS) is 11.8. The highest BCUT2D eigenvalue weighted by molar-refractivity contribution is 5.94. The molecule has 19 heavy (non-hydrogen) atoms. The van der Waals surface area contributed by atoms with Gasteiger partial charge in [0, 0.05) is 12.0 Å². The highest BCUT2D eigenvalue weighted by atomic mass is 16.5. The van der Waals surface area contributed by atoms with Gasteiger partial charge in [0.1, 0.15) is 11.5 Å². The molecule has 0 heterocycles. The maximum absolute atomic E-state index is 12.0. The molecule has 106 valence electrons. The highest BCUT2D eigenvalue weighted by Crippen LogP contribution is 2.32. The van der Waals surface area contributed by atoms with Crippen molar-refractivity contribution < 1.29 is 14.3 Å². The Hall–Kier alpha value is -1.75. The highest BCUT2D eigenvalue weighted by Gasteiger charge is 2.15. The molecule has 1 unspecified atom stereocenters. The Morgan fingerprint density at radius 2 is 1.95 bits per heavy atom. The number of anilines is 1. The minimum absolute atomic E-state index is 0.0744. The number of amides is 1. The number of rotatable bonds is 6. The van der Waals surface area contributed by atoms with Gasteiger partial charge in [0.05, 0.1) is 19.9 Å². The summed E-state index contributed by atoms with van der Waals surface area (Å²) in [6.07, 6.45) is 0.650. The molecule has 0 radical (unpaired) electrons. The lowest BCUT2D eigenvalue weighted by Crippen LogP contribution is -2.23. The van der Waals surface area contributed by atoms with Crippen LogP contribution in [-0.4, -0.2) is 26.7 Å². The zero-order valence-corrected chi connectivity index (χ0v) is 11.9. The lowest BCUT2D eigenvalue weighted by molar-refractivity contribution is -0.119. The van der Waals surface area contributed by atoms with Crippen molar-refractivity contribution in [2.45, 2.75) is 20.3 Å². The van der Waals surface area contributed by atoms with Gasteiger partial charge in [-0.05, 0) is 31.5 Å². The first-order chi connectivity index (χ1) is 9.03. The predicted molar refractivity (Wildman–Crippen MR) is 75.7 cm³/mol. The fourth-order valence-electron chi connectivity index (χ4n) is 1.79. The molecule has 1 amide bonds. The number of nitrogens with two attached hydrogens (primary N) is 1. The first-order valence-corrected chi connectivity index (χ1v) is 6.27. The molecular formula is C14H22N2O3. The molecule has 0 saturated heterocycles. The summed E-state index contributed by atoms with van der Waals surface area (Å²) >= 11 is 0. The van der Waals surface area contributed by atoms with Crippen molar-refractivity contribution >= 4 is 11.6 Å². The van der Waals surface area contributed by atoms with E-state index in [2.05, 4.69) is 5.32 Å². The maximum Gasteiger partial charge on any atom is 0.227 e. The lowest BCUT2D eigenvalue weighted by Gasteiger charge is -2.16. The summed E-state index contributed by atoms with van der Waals surface area (Å²) in [6.45, 7) is 4.26. The van der Waals surface area contributed by atoms with Gasteiger partial charge >= 0.3 is 0 Å². The zero-order chi connectivity index (χ0) is 14.4. The zero-order valence-electron chi connectivity index (χ0n) is 11.9. The Morgan fingerprint density at radius 1 is 1.32 bits per heavy atom. The van der Waals surface area contributed by atoms with Crippen LogP contribution in [-0.2, 0) is 4.79 Å². The van der Waals surface area contributed by atoms with Crippen molar-refractivity contribution in [1.29, 1.82) is 0 Å². The van der Waals surface area contributed by atoms with Crippen molar-refractivity contribution in [3.8, 4) is 11.5 Å². The van der Waals surface area contributed by atoms with Crippen molar-refractivity contribution in [3.05, 3.63) is 17.7 Å². The quantitative estimate of drug-likeness (QED) is 0.825. The molecule has 0 aliphatic heterocycles. The largest absolute Gasteiger partial charge is 0.496 e. The summed E-state index contributed by atoms with van der Waals surface area (Å²) in [5.41, 5.74) is 7.02. The Labute approximate surface area is 114 Å². The van der Waals surface area contributed by atoms with Crippen LogP contribution in [0.5, 0.6) is 11.5 Å². The monoisotopic (exact) mass is 266 g/mol. The number of hydrogen-bond acceptors (Lipinski definition) is 4. The Morgan fingerprint density at radius 3 is 2.47 bits per heavy atom. The predicted octanol–water partition coefficient (Wildman–Crippen LogP) is 1.94. The summed E-state index contributed by atoms with van der Waals surface area (Å²) in [4.78, 5) is 12.0. The molecule has 1 rings (SSSR count). The number of carbonyl (C=O) groups is 1. The molecular weight excluding hydrogens is 244 g/mol. The van der Waals surface area contributed by atoms with E-state index < -0.39 is 0 Å². The third-order valence-corrected chi connectivity index (χ3v) is 3.02. The van der Waals surface area contributed by atoms with Crippen LogP contribution >= 0.6 is 0 Å². The Kier molecular flexibility index (Phi) is 5.63. The van der Waals surface area contributed by atoms with Crippen molar-refractivity contribution in [2.24, 2.45) is 11.7 Å². The van der Waals surface area contributed by atoms with E-state index in [1.807, 2.05) is 19.9 Å². The van der Waals surface area contributed by atoms with Crippen LogP contribution in [0, 0.1) is 12.8 Å². The summed E-state index contributed by atoms with van der Waals surface area (Å²) in [5.74, 6) is 1.12. The van der Waals surface area contributed by atoms with E-state index in [4.69, 9.17) is 15.2 Å². The molecule has 0 saturated carbocycles. The Bertz CT molecular complexity index is 447. The summed E-state index contributed by atoms with van der Waals surface area (Å²) in [5, 5.41) is 2.85. The van der Waals surface area contributed by atoms with Crippen LogP contribution in [0.25, 0.3) is 0 Å². The third kappa shape index (κ3) is 3.86. The standard InChI is InChI=1S/C14H22N2O3/c1-9(5-6-15)14(17)16-11-8-12(18-3)10(2)7-13(11)19-4/h7-9H,5-6,15H2,1-4H3,(H,16,17). The van der Waals surface area contributed by atoms with Crippen LogP contribution < -0.4 is 20.5 Å². The third-order valence-electron chi connectivity index (χ3n) is 3.02. The van der Waals surface area contributed by atoms with Crippen LogP contribution in [0.2, 0.25) is 0 Å². The molecule has 0 spiro atoms. The number of nitrogens with one attached hydrogen (secondary N) is 1. The van der Waals surface area contributed by atoms with Crippen molar-refractivity contribution in [1.82, 2.24) is 0 Å². The molecule has 1 atom stereocenters. The summed E-state index contributed by atoms with van der Waals surface area (Å²) < 4.78 is 10.5. The molecule has 5 heteroatoms. The van der Waals surface area contributed by atoms with E-state index in [1.54, 1.807) is 20.3 Å². The second kappa shape index (κ2) is 6.99. The van der Waals surface area contributed by atoms with Crippen LogP contribution in [0.1, 0.15) is 18.9 Å². The molecule has 1 aromatic rings. The van der Waals surface area contributed by atoms with Gasteiger partial charge in [-0.25, -0.2) is 0 Å². The average Bonchev–Trinajstić information content (AvgIpc) is 2.40. The minimum atomic E-state index is -0.137. The van der Waals surface area contributed by atoms with Gasteiger partial charge in [0.15, 0.2) is 0 Å². The molecule has 1 aromatic carbocycles. The van der Waals surface area contributed by atoms with Gasteiger partial charge in [-0.2, -0.15) is 0 Å². The molecule has 5 nitrogen and oxygen atoms in total. The molecule has 0 aromatic heterocycles. The van der Waals surface area contributed by atoms with Gasteiger partial charge in [0.2, 0.25) is 5.91 Å². The first-order valence-electron chi connectivity index (χ1n) is 6.27. The van der Waals surface area contributed by atoms with Gasteiger partial charge in [-0.1, -0.05) is 6.92 Å². The van der Waals surface area contributed by atoms with E-state index in [0.29, 0.717) is 30.2 Å². The smallest absolute Gasteiger partial charge is 0.227 e. The number of ether oxygens (including phenoxy) is 2. The SMILES string of the molecule is COc1cc(NC(=O)C(C)CCN)c(OC)cc1C. The fourth-order valence-corrected chi connectivity index (χ4v) is 1.79. The Balaban J connectivity index is 2.96. The van der Waals surface area contributed by atoms with Crippen molar-refractivity contribution in [2.75, 3.05) is 26.1 Å². The first kappa shape index (κ1) is 15.3. The van der Waals surface area contributed by atoms with E-state index in [1.165, 1.54) is 0 Å². The van der Waals surface area contributed by atoms with E-state index in [-0.39, 0.29) is 11.8 Å². The molecule has 3 N–H and O–H groups in total. The molecule has 0 bridgehead atoms. The molecule has 0 fully saturated rings. The summed E-state index contributed by atoms with van der Waals surface area (Å²) in [7, 11) is 3.16. The van der Waals surface area contributed by atoms with Gasteiger partial charge in [-0.3, -0.25) is 4.79 Å². The second-order valence-electron chi connectivity index (χ2n) is 4.49. The summed E-state index contributed by atoms with van der Waals surface area (Å²) in [6, 6.07) is 3.60.